The lowest BCUT2D eigenvalue weighted by atomic mass is 10.0. The summed E-state index contributed by atoms with van der Waals surface area (Å²) in [6.07, 6.45) is 0.285. The van der Waals surface area contributed by atoms with Gasteiger partial charge in [-0.25, -0.2) is 0 Å². The van der Waals surface area contributed by atoms with Crippen LogP contribution in [0.2, 0.25) is 0 Å². The van der Waals surface area contributed by atoms with Crippen molar-refractivity contribution in [3.63, 3.8) is 0 Å². The highest BCUT2D eigenvalue weighted by molar-refractivity contribution is 5.70. The van der Waals surface area contributed by atoms with Crippen molar-refractivity contribution in [3.05, 3.63) is 29.8 Å². The summed E-state index contributed by atoms with van der Waals surface area (Å²) in [5, 5.41) is 3.08. The van der Waals surface area contributed by atoms with Crippen LogP contribution in [-0.2, 0) is 9.53 Å². The summed E-state index contributed by atoms with van der Waals surface area (Å²) in [7, 11) is 4.81. The first-order valence-electron chi connectivity index (χ1n) is 5.10. The molecule has 16 heavy (non-hydrogen) atoms. The van der Waals surface area contributed by atoms with Crippen molar-refractivity contribution in [2.45, 2.75) is 12.5 Å². The van der Waals surface area contributed by atoms with E-state index in [0.29, 0.717) is 0 Å². The molecule has 4 heteroatoms. The zero-order valence-corrected chi connectivity index (χ0v) is 9.82. The number of nitrogens with one attached hydrogen (secondary N) is 1. The third-order valence-corrected chi connectivity index (χ3v) is 2.46. The van der Waals surface area contributed by atoms with E-state index in [9.17, 15) is 4.79 Å². The van der Waals surface area contributed by atoms with Crippen LogP contribution in [0.4, 0.5) is 0 Å². The molecule has 0 saturated heterocycles. The van der Waals surface area contributed by atoms with E-state index in [1.54, 1.807) is 14.2 Å². The molecule has 0 aliphatic rings. The van der Waals surface area contributed by atoms with Gasteiger partial charge in [0.2, 0.25) is 0 Å². The SMILES string of the molecule is CNC(CC(=O)OC)c1ccccc1OC. The first-order valence-corrected chi connectivity index (χ1v) is 5.10. The number of esters is 1. The Morgan fingerprint density at radius 3 is 2.62 bits per heavy atom. The number of methoxy groups -OCH3 is 2. The topological polar surface area (TPSA) is 47.6 Å². The van der Waals surface area contributed by atoms with Crippen molar-refractivity contribution in [1.82, 2.24) is 5.32 Å². The molecular formula is C12H17NO3. The number of carbonyl (C=O) groups is 1. The van der Waals surface area contributed by atoms with Crippen LogP contribution in [0.25, 0.3) is 0 Å². The number of hydrogen-bond acceptors (Lipinski definition) is 4. The number of benzene rings is 1. The fourth-order valence-corrected chi connectivity index (χ4v) is 1.57. The van der Waals surface area contributed by atoms with Crippen molar-refractivity contribution < 1.29 is 14.3 Å². The third-order valence-electron chi connectivity index (χ3n) is 2.46. The lowest BCUT2D eigenvalue weighted by Gasteiger charge is -2.18. The second-order valence-electron chi connectivity index (χ2n) is 3.36. The van der Waals surface area contributed by atoms with E-state index < -0.39 is 0 Å². The summed E-state index contributed by atoms with van der Waals surface area (Å²) in [5.74, 6) is 0.524. The van der Waals surface area contributed by atoms with Crippen molar-refractivity contribution in [1.29, 1.82) is 0 Å². The molecule has 0 aliphatic carbocycles. The Bertz CT molecular complexity index is 352. The van der Waals surface area contributed by atoms with E-state index in [-0.39, 0.29) is 18.4 Å². The molecule has 0 radical (unpaired) electrons. The summed E-state index contributed by atoms with van der Waals surface area (Å²) in [6, 6.07) is 7.52. The van der Waals surface area contributed by atoms with Gasteiger partial charge in [0.05, 0.1) is 20.6 Å². The van der Waals surface area contributed by atoms with Gasteiger partial charge in [-0.05, 0) is 13.1 Å². The smallest absolute Gasteiger partial charge is 0.307 e. The van der Waals surface area contributed by atoms with Gasteiger partial charge in [-0.3, -0.25) is 4.79 Å². The van der Waals surface area contributed by atoms with Crippen LogP contribution in [0, 0.1) is 0 Å². The van der Waals surface area contributed by atoms with Crippen LogP contribution >= 0.6 is 0 Å². The van der Waals surface area contributed by atoms with Gasteiger partial charge in [0, 0.05) is 11.6 Å². The third kappa shape index (κ3) is 2.97. The van der Waals surface area contributed by atoms with Gasteiger partial charge in [-0.1, -0.05) is 18.2 Å². The predicted molar refractivity (Wildman–Crippen MR) is 61.4 cm³/mol. The molecule has 0 amide bonds. The number of para-hydroxylation sites is 1. The molecule has 1 atom stereocenters. The van der Waals surface area contributed by atoms with Crippen molar-refractivity contribution >= 4 is 5.97 Å². The molecule has 0 fully saturated rings. The molecule has 0 aliphatic heterocycles. The first-order chi connectivity index (χ1) is 7.72. The van der Waals surface area contributed by atoms with E-state index >= 15 is 0 Å². The molecule has 4 nitrogen and oxygen atoms in total. The Morgan fingerprint density at radius 1 is 1.38 bits per heavy atom. The Balaban J connectivity index is 2.89. The molecule has 0 bridgehead atoms. The highest BCUT2D eigenvalue weighted by Crippen LogP contribution is 2.26. The van der Waals surface area contributed by atoms with E-state index in [1.807, 2.05) is 24.3 Å². The van der Waals surface area contributed by atoms with Gasteiger partial charge >= 0.3 is 5.97 Å². The highest BCUT2D eigenvalue weighted by Gasteiger charge is 2.17. The molecule has 88 valence electrons. The van der Waals surface area contributed by atoms with E-state index in [4.69, 9.17) is 4.74 Å². The Morgan fingerprint density at radius 2 is 2.06 bits per heavy atom. The molecule has 0 spiro atoms. The average molecular weight is 223 g/mol. The summed E-state index contributed by atoms with van der Waals surface area (Å²) in [5.41, 5.74) is 0.956. The lowest BCUT2D eigenvalue weighted by molar-refractivity contribution is -0.141. The maximum atomic E-state index is 11.3. The number of ether oxygens (including phenoxy) is 2. The zero-order chi connectivity index (χ0) is 12.0. The lowest BCUT2D eigenvalue weighted by Crippen LogP contribution is -2.21. The Hall–Kier alpha value is -1.55. The summed E-state index contributed by atoms with van der Waals surface area (Å²) < 4.78 is 9.91. The molecule has 1 N–H and O–H groups in total. The number of carbonyl (C=O) groups excluding carboxylic acids is 1. The second kappa shape index (κ2) is 6.12. The normalized spacial score (nSPS) is 11.9. The Kier molecular flexibility index (Phi) is 4.79. The summed E-state index contributed by atoms with van der Waals surface area (Å²) >= 11 is 0. The van der Waals surface area contributed by atoms with Crippen LogP contribution in [-0.4, -0.2) is 27.2 Å². The maximum absolute atomic E-state index is 11.3. The Labute approximate surface area is 95.6 Å². The first kappa shape index (κ1) is 12.5. The van der Waals surface area contributed by atoms with Crippen LogP contribution in [0.3, 0.4) is 0 Å². The molecular weight excluding hydrogens is 206 g/mol. The molecule has 0 aromatic heterocycles. The van der Waals surface area contributed by atoms with Crippen molar-refractivity contribution in [2.75, 3.05) is 21.3 Å². The average Bonchev–Trinajstić information content (AvgIpc) is 2.35. The standard InChI is InChI=1S/C12H17NO3/c1-13-10(8-12(14)16-3)9-6-4-5-7-11(9)15-2/h4-7,10,13H,8H2,1-3H3. The van der Waals surface area contributed by atoms with Gasteiger partial charge in [-0.2, -0.15) is 0 Å². The second-order valence-corrected chi connectivity index (χ2v) is 3.36. The van der Waals surface area contributed by atoms with Crippen molar-refractivity contribution in [2.24, 2.45) is 0 Å². The largest absolute Gasteiger partial charge is 0.496 e. The van der Waals surface area contributed by atoms with Crippen LogP contribution in [0.15, 0.2) is 24.3 Å². The minimum Gasteiger partial charge on any atom is -0.496 e. The summed E-state index contributed by atoms with van der Waals surface area (Å²) in [4.78, 5) is 11.3. The van der Waals surface area contributed by atoms with Gasteiger partial charge < -0.3 is 14.8 Å². The number of hydrogen-bond donors (Lipinski definition) is 1. The molecule has 1 aromatic carbocycles. The molecule has 1 aromatic rings. The van der Waals surface area contributed by atoms with Crippen molar-refractivity contribution in [3.8, 4) is 5.75 Å². The van der Waals surface area contributed by atoms with Gasteiger partial charge in [-0.15, -0.1) is 0 Å². The molecule has 0 saturated carbocycles. The molecule has 1 unspecified atom stereocenters. The predicted octanol–water partition coefficient (Wildman–Crippen LogP) is 1.52. The minimum atomic E-state index is -0.245. The van der Waals surface area contributed by atoms with Gasteiger partial charge in [0.15, 0.2) is 0 Å². The fourth-order valence-electron chi connectivity index (χ4n) is 1.57. The molecule has 1 rings (SSSR count). The van der Waals surface area contributed by atoms with Crippen LogP contribution < -0.4 is 10.1 Å². The van der Waals surface area contributed by atoms with Crippen LogP contribution in [0.5, 0.6) is 5.75 Å². The van der Waals surface area contributed by atoms with E-state index in [1.165, 1.54) is 7.11 Å². The van der Waals surface area contributed by atoms with Gasteiger partial charge in [0.25, 0.3) is 0 Å². The maximum Gasteiger partial charge on any atom is 0.307 e. The monoisotopic (exact) mass is 223 g/mol. The highest BCUT2D eigenvalue weighted by atomic mass is 16.5. The zero-order valence-electron chi connectivity index (χ0n) is 9.82. The fraction of sp³-hybridized carbons (Fsp3) is 0.417. The van der Waals surface area contributed by atoms with E-state index in [0.717, 1.165) is 11.3 Å². The molecule has 0 heterocycles. The van der Waals surface area contributed by atoms with E-state index in [2.05, 4.69) is 10.1 Å². The van der Waals surface area contributed by atoms with Gasteiger partial charge in [0.1, 0.15) is 5.75 Å². The minimum absolute atomic E-state index is 0.0939. The summed E-state index contributed by atoms with van der Waals surface area (Å²) in [6.45, 7) is 0. The quantitative estimate of drug-likeness (QED) is 0.769. The van der Waals surface area contributed by atoms with Crippen LogP contribution in [0.1, 0.15) is 18.0 Å². The number of rotatable bonds is 5.